The van der Waals surface area contributed by atoms with Crippen molar-refractivity contribution >= 4 is 0 Å². The Morgan fingerprint density at radius 3 is 1.90 bits per heavy atom. The van der Waals surface area contributed by atoms with Gasteiger partial charge in [0.2, 0.25) is 0 Å². The largest absolute Gasteiger partial charge is 0.455 e. The number of hydrogen-bond donors (Lipinski definition) is 1. The van der Waals surface area contributed by atoms with E-state index in [-0.39, 0.29) is 18.7 Å². The molecule has 9 heteroatoms. The lowest BCUT2D eigenvalue weighted by Gasteiger charge is -2.29. The van der Waals surface area contributed by atoms with E-state index in [9.17, 15) is 35.1 Å². The average molecular weight is 307 g/mol. The number of hydrogen-bond acceptors (Lipinski definition) is 1. The van der Waals surface area contributed by atoms with Crippen molar-refractivity contribution in [2.75, 3.05) is 6.54 Å². The molecule has 0 amide bonds. The molecule has 0 aromatic heterocycles. The molecule has 1 aromatic rings. The number of halogens is 8. The topological polar surface area (TPSA) is 12.0 Å². The Kier molecular flexibility index (Phi) is 4.62. The maximum atomic E-state index is 13.4. The van der Waals surface area contributed by atoms with Crippen LogP contribution in [0.1, 0.15) is 18.5 Å². The van der Waals surface area contributed by atoms with Gasteiger partial charge in [0.25, 0.3) is 0 Å². The Labute approximate surface area is 108 Å². The van der Waals surface area contributed by atoms with E-state index < -0.39 is 41.2 Å². The standard InChI is InChI=1S/C11H9F8N/c1-2-20-9(10(15,16)11(17,18)19)5-3-7(13)8(14)4-6(5)12/h3-4,9,20H,2H2,1H3. The van der Waals surface area contributed by atoms with Gasteiger partial charge in [0.05, 0.1) is 0 Å². The van der Waals surface area contributed by atoms with E-state index in [4.69, 9.17) is 0 Å². The van der Waals surface area contributed by atoms with Crippen molar-refractivity contribution < 1.29 is 35.1 Å². The van der Waals surface area contributed by atoms with Gasteiger partial charge in [-0.15, -0.1) is 0 Å². The monoisotopic (exact) mass is 307 g/mol. The van der Waals surface area contributed by atoms with Crippen LogP contribution >= 0.6 is 0 Å². The van der Waals surface area contributed by atoms with Crippen LogP contribution in [0.3, 0.4) is 0 Å². The summed E-state index contributed by atoms with van der Waals surface area (Å²) in [6, 6.07) is -2.96. The first-order valence-corrected chi connectivity index (χ1v) is 5.34. The first kappa shape index (κ1) is 16.7. The Morgan fingerprint density at radius 2 is 1.45 bits per heavy atom. The summed E-state index contributed by atoms with van der Waals surface area (Å²) < 4.78 is 103. The molecule has 1 atom stereocenters. The molecule has 0 radical (unpaired) electrons. The zero-order valence-corrected chi connectivity index (χ0v) is 9.96. The zero-order valence-electron chi connectivity index (χ0n) is 9.96. The van der Waals surface area contributed by atoms with Crippen molar-refractivity contribution in [3.05, 3.63) is 35.1 Å². The molecule has 0 fully saturated rings. The third kappa shape index (κ3) is 3.02. The Morgan fingerprint density at radius 1 is 0.950 bits per heavy atom. The summed E-state index contributed by atoms with van der Waals surface area (Å²) in [5, 5.41) is 1.73. The van der Waals surface area contributed by atoms with Crippen molar-refractivity contribution in [2.24, 2.45) is 0 Å². The average Bonchev–Trinajstić information content (AvgIpc) is 2.29. The van der Waals surface area contributed by atoms with Crippen molar-refractivity contribution in [2.45, 2.75) is 25.1 Å². The van der Waals surface area contributed by atoms with Crippen LogP contribution in [0.2, 0.25) is 0 Å². The molecular formula is C11H9F8N. The smallest absolute Gasteiger partial charge is 0.305 e. The number of benzene rings is 1. The van der Waals surface area contributed by atoms with Gasteiger partial charge in [-0.05, 0) is 12.6 Å². The van der Waals surface area contributed by atoms with Crippen LogP contribution in [-0.4, -0.2) is 18.6 Å². The molecule has 1 N–H and O–H groups in total. The van der Waals surface area contributed by atoms with E-state index in [0.29, 0.717) is 0 Å². The molecule has 0 saturated carbocycles. The molecular weight excluding hydrogens is 298 g/mol. The van der Waals surface area contributed by atoms with Crippen molar-refractivity contribution in [3.8, 4) is 0 Å². The Bertz CT molecular complexity index is 482. The van der Waals surface area contributed by atoms with E-state index in [0.717, 1.165) is 0 Å². The molecule has 20 heavy (non-hydrogen) atoms. The van der Waals surface area contributed by atoms with Gasteiger partial charge in [0.1, 0.15) is 11.9 Å². The molecule has 0 aliphatic carbocycles. The van der Waals surface area contributed by atoms with Gasteiger partial charge >= 0.3 is 12.1 Å². The van der Waals surface area contributed by atoms with Gasteiger partial charge in [0, 0.05) is 11.6 Å². The van der Waals surface area contributed by atoms with Crippen molar-refractivity contribution in [1.29, 1.82) is 0 Å². The van der Waals surface area contributed by atoms with Gasteiger partial charge in [-0.3, -0.25) is 0 Å². The van der Waals surface area contributed by atoms with Crippen molar-refractivity contribution in [3.63, 3.8) is 0 Å². The SMILES string of the molecule is CCNC(c1cc(F)c(F)cc1F)C(F)(F)C(F)(F)F. The Hall–Kier alpha value is -1.38. The Balaban J connectivity index is 3.39. The molecule has 0 aliphatic heterocycles. The number of rotatable bonds is 4. The van der Waals surface area contributed by atoms with Crippen LogP contribution in [0.25, 0.3) is 0 Å². The summed E-state index contributed by atoms with van der Waals surface area (Å²) in [5.41, 5.74) is -1.30. The van der Waals surface area contributed by atoms with Gasteiger partial charge in [0.15, 0.2) is 11.6 Å². The maximum absolute atomic E-state index is 13.4. The number of nitrogens with one attached hydrogen (secondary N) is 1. The fourth-order valence-corrected chi connectivity index (χ4v) is 1.56. The molecule has 1 unspecified atom stereocenters. The molecule has 114 valence electrons. The highest BCUT2D eigenvalue weighted by molar-refractivity contribution is 5.26. The molecule has 1 aromatic carbocycles. The van der Waals surface area contributed by atoms with E-state index in [1.807, 2.05) is 0 Å². The lowest BCUT2D eigenvalue weighted by atomic mass is 9.99. The molecule has 0 heterocycles. The lowest BCUT2D eigenvalue weighted by Crippen LogP contribution is -2.48. The third-order valence-electron chi connectivity index (χ3n) is 2.50. The first-order valence-electron chi connectivity index (χ1n) is 5.34. The second-order valence-electron chi connectivity index (χ2n) is 3.90. The van der Waals surface area contributed by atoms with E-state index in [1.165, 1.54) is 6.92 Å². The quantitative estimate of drug-likeness (QED) is 0.656. The van der Waals surface area contributed by atoms with Gasteiger partial charge in [-0.1, -0.05) is 6.92 Å². The predicted molar refractivity (Wildman–Crippen MR) is 53.7 cm³/mol. The summed E-state index contributed by atoms with van der Waals surface area (Å²) >= 11 is 0. The highest BCUT2D eigenvalue weighted by Crippen LogP contribution is 2.45. The van der Waals surface area contributed by atoms with Gasteiger partial charge in [-0.2, -0.15) is 22.0 Å². The highest BCUT2D eigenvalue weighted by atomic mass is 19.4. The van der Waals surface area contributed by atoms with Crippen LogP contribution < -0.4 is 5.32 Å². The molecule has 0 saturated heterocycles. The summed E-state index contributed by atoms with van der Waals surface area (Å²) in [6.07, 6.45) is -5.98. The molecule has 0 spiro atoms. The summed E-state index contributed by atoms with van der Waals surface area (Å²) in [4.78, 5) is 0. The fourth-order valence-electron chi connectivity index (χ4n) is 1.56. The maximum Gasteiger partial charge on any atom is 0.455 e. The zero-order chi connectivity index (χ0) is 15.7. The molecule has 0 aliphatic rings. The van der Waals surface area contributed by atoms with Crippen LogP contribution in [-0.2, 0) is 0 Å². The van der Waals surface area contributed by atoms with Gasteiger partial charge < -0.3 is 5.32 Å². The molecule has 1 nitrogen and oxygen atoms in total. The summed E-state index contributed by atoms with van der Waals surface area (Å²) in [5.74, 6) is -10.5. The second kappa shape index (κ2) is 5.55. The van der Waals surface area contributed by atoms with E-state index >= 15 is 0 Å². The lowest BCUT2D eigenvalue weighted by molar-refractivity contribution is -0.294. The fraction of sp³-hybridized carbons (Fsp3) is 0.455. The second-order valence-corrected chi connectivity index (χ2v) is 3.90. The molecule has 1 rings (SSSR count). The normalized spacial score (nSPS) is 14.4. The predicted octanol–water partition coefficient (Wildman–Crippen LogP) is 3.95. The minimum absolute atomic E-state index is 0.0162. The van der Waals surface area contributed by atoms with Gasteiger partial charge in [-0.25, -0.2) is 13.2 Å². The third-order valence-corrected chi connectivity index (χ3v) is 2.50. The minimum atomic E-state index is -5.98. The van der Waals surface area contributed by atoms with Crippen LogP contribution in [0.15, 0.2) is 12.1 Å². The first-order chi connectivity index (χ1) is 9.02. The highest BCUT2D eigenvalue weighted by Gasteiger charge is 2.63. The van der Waals surface area contributed by atoms with E-state index in [1.54, 1.807) is 5.32 Å². The van der Waals surface area contributed by atoms with Crippen LogP contribution in [0.5, 0.6) is 0 Å². The van der Waals surface area contributed by atoms with Crippen LogP contribution in [0, 0.1) is 17.5 Å². The summed E-state index contributed by atoms with van der Waals surface area (Å²) in [6.45, 7) is 0.839. The van der Waals surface area contributed by atoms with E-state index in [2.05, 4.69) is 0 Å². The van der Waals surface area contributed by atoms with Crippen LogP contribution in [0.4, 0.5) is 35.1 Å². The minimum Gasteiger partial charge on any atom is -0.305 e. The van der Waals surface area contributed by atoms with Crippen molar-refractivity contribution in [1.82, 2.24) is 5.32 Å². The number of alkyl halides is 5. The summed E-state index contributed by atoms with van der Waals surface area (Å²) in [7, 11) is 0. The molecule has 0 bridgehead atoms.